The van der Waals surface area contributed by atoms with Gasteiger partial charge in [0.25, 0.3) is 0 Å². The lowest BCUT2D eigenvalue weighted by Gasteiger charge is -2.14. The van der Waals surface area contributed by atoms with Gasteiger partial charge in [-0.2, -0.15) is 0 Å². The molecular formula is C9H13N5O2S. The maximum atomic E-state index is 11.6. The first-order valence-electron chi connectivity index (χ1n) is 5.37. The Balaban J connectivity index is 1.86. The van der Waals surface area contributed by atoms with Gasteiger partial charge in [0.2, 0.25) is 11.0 Å². The predicted octanol–water partition coefficient (Wildman–Crippen LogP) is 0.328. The van der Waals surface area contributed by atoms with E-state index >= 15 is 0 Å². The zero-order valence-electron chi connectivity index (χ0n) is 9.10. The zero-order valence-corrected chi connectivity index (χ0v) is 9.92. The number of carbonyl (C=O) groups is 2. The summed E-state index contributed by atoms with van der Waals surface area (Å²) in [6.07, 6.45) is 2.53. The summed E-state index contributed by atoms with van der Waals surface area (Å²) >= 11 is 1.22. The highest BCUT2D eigenvalue weighted by Gasteiger charge is 2.22. The largest absolute Gasteiger partial charge is 0.354 e. The van der Waals surface area contributed by atoms with Crippen molar-refractivity contribution in [1.29, 1.82) is 0 Å². The second kappa shape index (κ2) is 5.58. The highest BCUT2D eigenvalue weighted by Crippen LogP contribution is 2.09. The lowest BCUT2D eigenvalue weighted by atomic mass is 10.1. The van der Waals surface area contributed by atoms with Gasteiger partial charge >= 0.3 is 6.03 Å². The van der Waals surface area contributed by atoms with Gasteiger partial charge in [-0.25, -0.2) is 4.79 Å². The molecule has 2 rings (SSSR count). The molecule has 1 aromatic rings. The summed E-state index contributed by atoms with van der Waals surface area (Å²) in [5.74, 6) is -0.130. The summed E-state index contributed by atoms with van der Waals surface area (Å²) in [7, 11) is 0. The van der Waals surface area contributed by atoms with Crippen molar-refractivity contribution >= 4 is 28.4 Å². The lowest BCUT2D eigenvalue weighted by Crippen LogP contribution is -2.46. The van der Waals surface area contributed by atoms with Gasteiger partial charge in [-0.1, -0.05) is 11.3 Å². The molecule has 0 radical (unpaired) electrons. The van der Waals surface area contributed by atoms with Gasteiger partial charge in [0.1, 0.15) is 11.6 Å². The first-order chi connectivity index (χ1) is 8.25. The van der Waals surface area contributed by atoms with Gasteiger partial charge < -0.3 is 10.6 Å². The van der Waals surface area contributed by atoms with Crippen LogP contribution < -0.4 is 16.0 Å². The number of rotatable bonds is 2. The summed E-state index contributed by atoms with van der Waals surface area (Å²) in [6.45, 7) is 0.676. The number of nitrogens with zero attached hydrogens (tertiary/aromatic N) is 2. The van der Waals surface area contributed by atoms with Crippen molar-refractivity contribution in [2.75, 3.05) is 11.9 Å². The molecule has 92 valence electrons. The molecular weight excluding hydrogens is 242 g/mol. The topological polar surface area (TPSA) is 96.0 Å². The third-order valence-electron chi connectivity index (χ3n) is 2.42. The molecule has 3 amide bonds. The quantitative estimate of drug-likeness (QED) is 0.709. The van der Waals surface area contributed by atoms with Crippen molar-refractivity contribution in [3.05, 3.63) is 5.51 Å². The van der Waals surface area contributed by atoms with E-state index in [-0.39, 0.29) is 5.91 Å². The van der Waals surface area contributed by atoms with Crippen molar-refractivity contribution in [1.82, 2.24) is 20.8 Å². The Morgan fingerprint density at radius 2 is 2.41 bits per heavy atom. The smallest absolute Gasteiger partial charge is 0.321 e. The molecule has 1 saturated heterocycles. The highest BCUT2D eigenvalue weighted by atomic mass is 32.1. The Kier molecular flexibility index (Phi) is 3.86. The standard InChI is InChI=1S/C9H13N5O2S/c15-7-6(3-1-2-4-10-7)12-8(16)13-9-14-11-5-17-9/h5-6H,1-4H2,(H,10,15)(H2,12,13,14,16)/t6-/m1/s1. The van der Waals surface area contributed by atoms with Crippen molar-refractivity contribution in [3.63, 3.8) is 0 Å². The number of aromatic nitrogens is 2. The summed E-state index contributed by atoms with van der Waals surface area (Å²) in [6, 6.07) is -0.894. The fourth-order valence-electron chi connectivity index (χ4n) is 1.60. The minimum atomic E-state index is -0.467. The van der Waals surface area contributed by atoms with Gasteiger partial charge in [0.05, 0.1) is 0 Å². The van der Waals surface area contributed by atoms with Gasteiger partial charge in [0.15, 0.2) is 0 Å². The van der Waals surface area contributed by atoms with Crippen molar-refractivity contribution in [2.45, 2.75) is 25.3 Å². The van der Waals surface area contributed by atoms with E-state index in [0.29, 0.717) is 18.1 Å². The van der Waals surface area contributed by atoms with Crippen LogP contribution in [0.3, 0.4) is 0 Å². The zero-order chi connectivity index (χ0) is 12.1. The van der Waals surface area contributed by atoms with E-state index in [9.17, 15) is 9.59 Å². The molecule has 0 unspecified atom stereocenters. The molecule has 8 heteroatoms. The van der Waals surface area contributed by atoms with Gasteiger partial charge in [-0.15, -0.1) is 10.2 Å². The molecule has 1 aliphatic rings. The molecule has 1 aromatic heterocycles. The Bertz CT molecular complexity index is 394. The van der Waals surface area contributed by atoms with Gasteiger partial charge in [-0.05, 0) is 19.3 Å². The van der Waals surface area contributed by atoms with Crippen LogP contribution in [0.25, 0.3) is 0 Å². The minimum absolute atomic E-state index is 0.130. The number of hydrogen-bond donors (Lipinski definition) is 3. The van der Waals surface area contributed by atoms with Crippen molar-refractivity contribution < 1.29 is 9.59 Å². The average Bonchev–Trinajstić information content (AvgIpc) is 2.71. The Hall–Kier alpha value is -1.70. The monoisotopic (exact) mass is 255 g/mol. The average molecular weight is 255 g/mol. The second-order valence-electron chi connectivity index (χ2n) is 3.68. The van der Waals surface area contributed by atoms with Crippen LogP contribution in [0.15, 0.2) is 5.51 Å². The number of amides is 3. The Labute approximate surface area is 102 Å². The van der Waals surface area contributed by atoms with Crippen LogP contribution in [0.2, 0.25) is 0 Å². The summed E-state index contributed by atoms with van der Waals surface area (Å²) < 4.78 is 0. The van der Waals surface area contributed by atoms with Crippen LogP contribution in [-0.2, 0) is 4.79 Å². The maximum Gasteiger partial charge on any atom is 0.321 e. The molecule has 0 bridgehead atoms. The molecule has 3 N–H and O–H groups in total. The summed E-state index contributed by atoms with van der Waals surface area (Å²) in [5.41, 5.74) is 1.52. The van der Waals surface area contributed by atoms with E-state index in [1.165, 1.54) is 16.8 Å². The normalized spacial score (nSPS) is 20.2. The van der Waals surface area contributed by atoms with Crippen molar-refractivity contribution in [3.8, 4) is 0 Å². The van der Waals surface area contributed by atoms with E-state index in [4.69, 9.17) is 0 Å². The molecule has 17 heavy (non-hydrogen) atoms. The fourth-order valence-corrected chi connectivity index (χ4v) is 2.04. The fraction of sp³-hybridized carbons (Fsp3) is 0.556. The summed E-state index contributed by atoms with van der Waals surface area (Å²) in [5, 5.41) is 15.6. The lowest BCUT2D eigenvalue weighted by molar-refractivity contribution is -0.122. The highest BCUT2D eigenvalue weighted by molar-refractivity contribution is 7.13. The second-order valence-corrected chi connectivity index (χ2v) is 4.51. The molecule has 0 aromatic carbocycles. The molecule has 0 saturated carbocycles. The SMILES string of the molecule is O=C(Nc1nncs1)N[C@@H]1CCCCNC1=O. The third kappa shape index (κ3) is 3.38. The number of hydrogen-bond acceptors (Lipinski definition) is 5. The molecule has 0 spiro atoms. The van der Waals surface area contributed by atoms with Crippen molar-refractivity contribution in [2.24, 2.45) is 0 Å². The number of carbonyl (C=O) groups excluding carboxylic acids is 2. The van der Waals surface area contributed by atoms with Crippen LogP contribution in [0, 0.1) is 0 Å². The van der Waals surface area contributed by atoms with Crippen LogP contribution in [0.5, 0.6) is 0 Å². The number of urea groups is 1. The van der Waals surface area contributed by atoms with Gasteiger partial charge in [-0.3, -0.25) is 10.1 Å². The molecule has 7 nitrogen and oxygen atoms in total. The molecule has 1 fully saturated rings. The number of anilines is 1. The minimum Gasteiger partial charge on any atom is -0.354 e. The van der Waals surface area contributed by atoms with E-state index in [0.717, 1.165) is 12.8 Å². The molecule has 0 aliphatic carbocycles. The van der Waals surface area contributed by atoms with E-state index < -0.39 is 12.1 Å². The first-order valence-corrected chi connectivity index (χ1v) is 6.25. The predicted molar refractivity (Wildman–Crippen MR) is 62.7 cm³/mol. The maximum absolute atomic E-state index is 11.6. The van der Waals surface area contributed by atoms with E-state index in [1.54, 1.807) is 0 Å². The summed E-state index contributed by atoms with van der Waals surface area (Å²) in [4.78, 5) is 23.1. The van der Waals surface area contributed by atoms with Gasteiger partial charge in [0, 0.05) is 6.54 Å². The van der Waals surface area contributed by atoms with Crippen LogP contribution in [-0.4, -0.2) is 34.7 Å². The van der Waals surface area contributed by atoms with Crippen LogP contribution in [0.1, 0.15) is 19.3 Å². The Morgan fingerprint density at radius 3 is 3.18 bits per heavy atom. The Morgan fingerprint density at radius 1 is 1.53 bits per heavy atom. The van der Waals surface area contributed by atoms with Crippen LogP contribution >= 0.6 is 11.3 Å². The first kappa shape index (κ1) is 11.8. The number of nitrogens with one attached hydrogen (secondary N) is 3. The van der Waals surface area contributed by atoms with E-state index in [2.05, 4.69) is 26.1 Å². The van der Waals surface area contributed by atoms with E-state index in [1.807, 2.05) is 0 Å². The third-order valence-corrected chi connectivity index (χ3v) is 3.03. The molecule has 1 atom stereocenters. The molecule has 2 heterocycles. The van der Waals surface area contributed by atoms with Crippen LogP contribution in [0.4, 0.5) is 9.93 Å². The molecule has 1 aliphatic heterocycles.